The number of ether oxygens (including phenoxy) is 1. The van der Waals surface area contributed by atoms with E-state index in [4.69, 9.17) is 10.5 Å². The molecule has 0 radical (unpaired) electrons. The van der Waals surface area contributed by atoms with Gasteiger partial charge in [-0.1, -0.05) is 27.7 Å². The topological polar surface area (TPSA) is 38.5 Å². The predicted molar refractivity (Wildman–Crippen MR) is 89.3 cm³/mol. The number of piperidine rings is 1. The number of hydrogen-bond donors (Lipinski definition) is 1. The Hall–Kier alpha value is -0.120. The molecule has 0 aromatic heterocycles. The molecular formula is C18H36N2O. The van der Waals surface area contributed by atoms with Gasteiger partial charge in [0.25, 0.3) is 0 Å². The van der Waals surface area contributed by atoms with Crippen molar-refractivity contribution < 1.29 is 4.74 Å². The smallest absolute Gasteiger partial charge is 0.0702 e. The standard InChI is InChI=1S/C18H36N2O/c1-5-11-21-16-7-6-10-20(13-16)12-15-8-9-17(19)14(2)18(15,3)4/h14-17H,5-13,19H2,1-4H3. The van der Waals surface area contributed by atoms with Gasteiger partial charge in [0, 0.05) is 25.7 Å². The number of nitrogens with two attached hydrogens (primary N) is 1. The third-order valence-corrected chi connectivity index (χ3v) is 6.22. The Labute approximate surface area is 131 Å². The average Bonchev–Trinajstić information content (AvgIpc) is 2.47. The quantitative estimate of drug-likeness (QED) is 0.846. The fraction of sp³-hybridized carbons (Fsp3) is 1.00. The molecular weight excluding hydrogens is 260 g/mol. The van der Waals surface area contributed by atoms with Crippen LogP contribution in [0.1, 0.15) is 59.8 Å². The summed E-state index contributed by atoms with van der Waals surface area (Å²) in [7, 11) is 0. The van der Waals surface area contributed by atoms with E-state index in [1.54, 1.807) is 0 Å². The Balaban J connectivity index is 1.88. The lowest BCUT2D eigenvalue weighted by Gasteiger charge is -2.49. The van der Waals surface area contributed by atoms with Gasteiger partial charge in [-0.25, -0.2) is 0 Å². The van der Waals surface area contributed by atoms with Crippen LogP contribution in [0.25, 0.3) is 0 Å². The molecule has 4 atom stereocenters. The first kappa shape index (κ1) is 17.2. The molecule has 21 heavy (non-hydrogen) atoms. The molecule has 4 unspecified atom stereocenters. The average molecular weight is 296 g/mol. The van der Waals surface area contributed by atoms with Crippen molar-refractivity contribution in [2.24, 2.45) is 23.0 Å². The van der Waals surface area contributed by atoms with E-state index < -0.39 is 0 Å². The van der Waals surface area contributed by atoms with Gasteiger partial charge in [-0.05, 0) is 55.9 Å². The van der Waals surface area contributed by atoms with Gasteiger partial charge in [-0.3, -0.25) is 0 Å². The molecule has 124 valence electrons. The van der Waals surface area contributed by atoms with Crippen molar-refractivity contribution in [3.63, 3.8) is 0 Å². The minimum absolute atomic E-state index is 0.356. The maximum absolute atomic E-state index is 6.29. The molecule has 2 aliphatic rings. The summed E-state index contributed by atoms with van der Waals surface area (Å²) in [4.78, 5) is 2.65. The van der Waals surface area contributed by atoms with Gasteiger partial charge in [0.1, 0.15) is 0 Å². The van der Waals surface area contributed by atoms with E-state index in [2.05, 4.69) is 32.6 Å². The molecule has 3 heteroatoms. The number of nitrogens with zero attached hydrogens (tertiary/aromatic N) is 1. The number of rotatable bonds is 5. The Morgan fingerprint density at radius 3 is 2.71 bits per heavy atom. The Morgan fingerprint density at radius 2 is 2.00 bits per heavy atom. The van der Waals surface area contributed by atoms with Gasteiger partial charge < -0.3 is 15.4 Å². The second kappa shape index (κ2) is 7.43. The first-order valence-corrected chi connectivity index (χ1v) is 9.04. The second-order valence-electron chi connectivity index (χ2n) is 7.94. The predicted octanol–water partition coefficient (Wildman–Crippen LogP) is 3.28. The third kappa shape index (κ3) is 4.20. The molecule has 1 heterocycles. The van der Waals surface area contributed by atoms with Crippen LogP contribution in [0, 0.1) is 17.3 Å². The van der Waals surface area contributed by atoms with Crippen molar-refractivity contribution >= 4 is 0 Å². The summed E-state index contributed by atoms with van der Waals surface area (Å²) < 4.78 is 5.98. The monoisotopic (exact) mass is 296 g/mol. The minimum atomic E-state index is 0.356. The van der Waals surface area contributed by atoms with Gasteiger partial charge in [0.15, 0.2) is 0 Å². The maximum atomic E-state index is 6.29. The highest BCUT2D eigenvalue weighted by molar-refractivity contribution is 4.94. The van der Waals surface area contributed by atoms with Crippen LogP contribution >= 0.6 is 0 Å². The summed E-state index contributed by atoms with van der Waals surface area (Å²) in [5, 5.41) is 0. The second-order valence-corrected chi connectivity index (χ2v) is 7.94. The third-order valence-electron chi connectivity index (χ3n) is 6.22. The van der Waals surface area contributed by atoms with E-state index >= 15 is 0 Å². The van der Waals surface area contributed by atoms with Crippen LogP contribution in [0.3, 0.4) is 0 Å². The molecule has 2 rings (SSSR count). The highest BCUT2D eigenvalue weighted by Crippen LogP contribution is 2.44. The lowest BCUT2D eigenvalue weighted by atomic mass is 9.61. The normalized spacial score (nSPS) is 37.6. The zero-order chi connectivity index (χ0) is 15.5. The van der Waals surface area contributed by atoms with Crippen molar-refractivity contribution in [1.82, 2.24) is 4.90 Å². The van der Waals surface area contributed by atoms with E-state index in [9.17, 15) is 0 Å². The fourth-order valence-corrected chi connectivity index (χ4v) is 4.18. The highest BCUT2D eigenvalue weighted by atomic mass is 16.5. The summed E-state index contributed by atoms with van der Waals surface area (Å²) in [6, 6.07) is 0.387. The molecule has 2 N–H and O–H groups in total. The van der Waals surface area contributed by atoms with E-state index in [1.807, 2.05) is 0 Å². The van der Waals surface area contributed by atoms with Crippen molar-refractivity contribution in [3.05, 3.63) is 0 Å². The van der Waals surface area contributed by atoms with Crippen LogP contribution in [0.4, 0.5) is 0 Å². The molecule has 2 fully saturated rings. The van der Waals surface area contributed by atoms with Gasteiger partial charge in [0.2, 0.25) is 0 Å². The van der Waals surface area contributed by atoms with Crippen LogP contribution in [0.5, 0.6) is 0 Å². The Morgan fingerprint density at radius 1 is 1.24 bits per heavy atom. The molecule has 1 saturated carbocycles. The molecule has 3 nitrogen and oxygen atoms in total. The van der Waals surface area contributed by atoms with Crippen LogP contribution in [-0.4, -0.2) is 43.3 Å². The molecule has 1 saturated heterocycles. The molecule has 1 aliphatic carbocycles. The van der Waals surface area contributed by atoms with Crippen molar-refractivity contribution in [2.45, 2.75) is 71.9 Å². The number of likely N-dealkylation sites (tertiary alicyclic amines) is 1. The van der Waals surface area contributed by atoms with Crippen molar-refractivity contribution in [2.75, 3.05) is 26.2 Å². The molecule has 0 amide bonds. The van der Waals surface area contributed by atoms with Crippen LogP contribution < -0.4 is 5.73 Å². The van der Waals surface area contributed by atoms with Gasteiger partial charge in [0.05, 0.1) is 6.10 Å². The lowest BCUT2D eigenvalue weighted by Crippen LogP contribution is -2.51. The van der Waals surface area contributed by atoms with Crippen LogP contribution in [0.15, 0.2) is 0 Å². The highest BCUT2D eigenvalue weighted by Gasteiger charge is 2.42. The summed E-state index contributed by atoms with van der Waals surface area (Å²) in [5.41, 5.74) is 6.65. The molecule has 0 aromatic carbocycles. The van der Waals surface area contributed by atoms with E-state index in [0.29, 0.717) is 23.5 Å². The van der Waals surface area contributed by atoms with Gasteiger partial charge in [-0.2, -0.15) is 0 Å². The largest absolute Gasteiger partial charge is 0.377 e. The molecule has 0 spiro atoms. The van der Waals surface area contributed by atoms with Crippen LogP contribution in [-0.2, 0) is 4.74 Å². The number of hydrogen-bond acceptors (Lipinski definition) is 3. The van der Waals surface area contributed by atoms with E-state index in [0.717, 1.165) is 25.5 Å². The molecule has 0 aromatic rings. The Bertz CT molecular complexity index is 318. The summed E-state index contributed by atoms with van der Waals surface area (Å²) in [6.45, 7) is 13.9. The SMILES string of the molecule is CCCOC1CCCN(CC2CCC(N)C(C)C2(C)C)C1. The van der Waals surface area contributed by atoms with Crippen molar-refractivity contribution in [3.8, 4) is 0 Å². The summed E-state index contributed by atoms with van der Waals surface area (Å²) in [5.74, 6) is 1.39. The molecule has 0 bridgehead atoms. The maximum Gasteiger partial charge on any atom is 0.0702 e. The van der Waals surface area contributed by atoms with E-state index in [-0.39, 0.29) is 0 Å². The molecule has 1 aliphatic heterocycles. The van der Waals surface area contributed by atoms with Gasteiger partial charge >= 0.3 is 0 Å². The fourth-order valence-electron chi connectivity index (χ4n) is 4.18. The van der Waals surface area contributed by atoms with Crippen molar-refractivity contribution in [1.29, 1.82) is 0 Å². The van der Waals surface area contributed by atoms with Gasteiger partial charge in [-0.15, -0.1) is 0 Å². The summed E-state index contributed by atoms with van der Waals surface area (Å²) in [6.07, 6.45) is 6.60. The van der Waals surface area contributed by atoms with E-state index in [1.165, 1.54) is 38.8 Å². The van der Waals surface area contributed by atoms with Crippen LogP contribution in [0.2, 0.25) is 0 Å². The lowest BCUT2D eigenvalue weighted by molar-refractivity contribution is -0.0245. The Kier molecular flexibility index (Phi) is 6.10. The zero-order valence-electron chi connectivity index (χ0n) is 14.6. The summed E-state index contributed by atoms with van der Waals surface area (Å²) >= 11 is 0. The zero-order valence-corrected chi connectivity index (χ0v) is 14.6. The minimum Gasteiger partial charge on any atom is -0.377 e. The first-order chi connectivity index (χ1) is 9.95. The first-order valence-electron chi connectivity index (χ1n) is 9.04.